The fraction of sp³-hybridized carbons (Fsp3) is 0.556. The largest absolute Gasteiger partial charge is 0.383 e. The van der Waals surface area contributed by atoms with Gasteiger partial charge >= 0.3 is 0 Å². The summed E-state index contributed by atoms with van der Waals surface area (Å²) in [7, 11) is 1.67. The summed E-state index contributed by atoms with van der Waals surface area (Å²) in [5, 5.41) is 14.2. The topological polar surface area (TPSA) is 59.1 Å². The van der Waals surface area contributed by atoms with E-state index in [1.54, 1.807) is 13.2 Å². The Labute approximate surface area is 104 Å². The molecule has 0 saturated carbocycles. The van der Waals surface area contributed by atoms with Gasteiger partial charge in [-0.1, -0.05) is 23.2 Å². The van der Waals surface area contributed by atoms with E-state index >= 15 is 0 Å². The SMILES string of the molecule is COCCNCCNc1cc(Cl)nnc1Cl. The normalized spacial score (nSPS) is 10.4. The van der Waals surface area contributed by atoms with Crippen LogP contribution in [0.1, 0.15) is 0 Å². The minimum atomic E-state index is 0.319. The average Bonchev–Trinajstić information content (AvgIpc) is 2.28. The van der Waals surface area contributed by atoms with E-state index in [2.05, 4.69) is 20.8 Å². The number of hydrogen-bond donors (Lipinski definition) is 2. The summed E-state index contributed by atoms with van der Waals surface area (Å²) in [4.78, 5) is 0. The van der Waals surface area contributed by atoms with E-state index in [9.17, 15) is 0 Å². The molecule has 90 valence electrons. The van der Waals surface area contributed by atoms with Crippen molar-refractivity contribution in [2.75, 3.05) is 38.7 Å². The lowest BCUT2D eigenvalue weighted by molar-refractivity contribution is 0.200. The number of halogens is 2. The van der Waals surface area contributed by atoms with Crippen LogP contribution in [0.3, 0.4) is 0 Å². The van der Waals surface area contributed by atoms with E-state index in [1.807, 2.05) is 0 Å². The van der Waals surface area contributed by atoms with Crippen LogP contribution >= 0.6 is 23.2 Å². The summed E-state index contributed by atoms with van der Waals surface area (Å²) in [5.41, 5.74) is 0.690. The Morgan fingerprint density at radius 2 is 2.06 bits per heavy atom. The molecule has 0 aliphatic heterocycles. The van der Waals surface area contributed by atoms with Crippen LogP contribution in [0.15, 0.2) is 6.07 Å². The molecule has 0 aliphatic carbocycles. The van der Waals surface area contributed by atoms with Gasteiger partial charge in [0, 0.05) is 32.8 Å². The van der Waals surface area contributed by atoms with Crippen LogP contribution in [-0.4, -0.2) is 43.5 Å². The number of ether oxygens (including phenoxy) is 1. The molecule has 0 amide bonds. The molecule has 0 unspecified atom stereocenters. The molecule has 0 spiro atoms. The van der Waals surface area contributed by atoms with E-state index in [0.717, 1.165) is 19.6 Å². The Morgan fingerprint density at radius 3 is 2.81 bits per heavy atom. The van der Waals surface area contributed by atoms with Crippen LogP contribution in [0.2, 0.25) is 10.3 Å². The van der Waals surface area contributed by atoms with Gasteiger partial charge in [-0.25, -0.2) is 0 Å². The maximum absolute atomic E-state index is 5.82. The first-order chi connectivity index (χ1) is 7.74. The first-order valence-electron chi connectivity index (χ1n) is 4.86. The Morgan fingerprint density at radius 1 is 1.25 bits per heavy atom. The second-order valence-electron chi connectivity index (χ2n) is 3.04. The van der Waals surface area contributed by atoms with Crippen LogP contribution in [0.25, 0.3) is 0 Å². The van der Waals surface area contributed by atoms with Crippen LogP contribution in [0.5, 0.6) is 0 Å². The highest BCUT2D eigenvalue weighted by molar-refractivity contribution is 6.33. The average molecular weight is 265 g/mol. The molecule has 0 saturated heterocycles. The zero-order valence-electron chi connectivity index (χ0n) is 8.96. The second kappa shape index (κ2) is 7.62. The number of aromatic nitrogens is 2. The number of rotatable bonds is 7. The van der Waals surface area contributed by atoms with Crippen LogP contribution in [-0.2, 0) is 4.74 Å². The molecule has 2 N–H and O–H groups in total. The number of nitrogens with one attached hydrogen (secondary N) is 2. The maximum atomic E-state index is 5.82. The van der Waals surface area contributed by atoms with Crippen molar-refractivity contribution in [3.63, 3.8) is 0 Å². The van der Waals surface area contributed by atoms with Gasteiger partial charge in [0.15, 0.2) is 10.3 Å². The summed E-state index contributed by atoms with van der Waals surface area (Å²) in [5.74, 6) is 0. The minimum absolute atomic E-state index is 0.319. The number of nitrogens with zero attached hydrogens (tertiary/aromatic N) is 2. The fourth-order valence-corrected chi connectivity index (χ4v) is 1.37. The summed E-state index contributed by atoms with van der Waals surface area (Å²) in [6.07, 6.45) is 0. The summed E-state index contributed by atoms with van der Waals surface area (Å²) in [6.45, 7) is 3.05. The van der Waals surface area contributed by atoms with Gasteiger partial charge in [0.1, 0.15) is 0 Å². The zero-order valence-corrected chi connectivity index (χ0v) is 10.5. The van der Waals surface area contributed by atoms with E-state index in [-0.39, 0.29) is 0 Å². The van der Waals surface area contributed by atoms with Gasteiger partial charge in [0.25, 0.3) is 0 Å². The Balaban J connectivity index is 2.23. The van der Waals surface area contributed by atoms with Gasteiger partial charge in [0.2, 0.25) is 0 Å². The monoisotopic (exact) mass is 264 g/mol. The molecule has 5 nitrogen and oxygen atoms in total. The minimum Gasteiger partial charge on any atom is -0.383 e. The molecule has 1 aromatic rings. The zero-order chi connectivity index (χ0) is 11.8. The van der Waals surface area contributed by atoms with Gasteiger partial charge in [-0.2, -0.15) is 0 Å². The lowest BCUT2D eigenvalue weighted by Gasteiger charge is -2.08. The van der Waals surface area contributed by atoms with Gasteiger partial charge in [-0.15, -0.1) is 10.2 Å². The predicted molar refractivity (Wildman–Crippen MR) is 65.3 cm³/mol. The van der Waals surface area contributed by atoms with Crippen molar-refractivity contribution in [3.8, 4) is 0 Å². The Kier molecular flexibility index (Phi) is 6.40. The maximum Gasteiger partial charge on any atom is 0.174 e. The lowest BCUT2D eigenvalue weighted by atomic mass is 10.4. The highest BCUT2D eigenvalue weighted by atomic mass is 35.5. The molecule has 0 atom stereocenters. The molecular weight excluding hydrogens is 251 g/mol. The van der Waals surface area contributed by atoms with Gasteiger partial charge in [0.05, 0.1) is 12.3 Å². The molecule has 0 aliphatic rings. The molecular formula is C9H14Cl2N4O. The summed E-state index contributed by atoms with van der Waals surface area (Å²) >= 11 is 11.5. The van der Waals surface area contributed by atoms with Crippen molar-refractivity contribution >= 4 is 28.9 Å². The first-order valence-corrected chi connectivity index (χ1v) is 5.62. The van der Waals surface area contributed by atoms with Crippen molar-refractivity contribution in [1.29, 1.82) is 0 Å². The number of anilines is 1. The van der Waals surface area contributed by atoms with E-state index in [1.165, 1.54) is 0 Å². The summed E-state index contributed by atoms with van der Waals surface area (Å²) < 4.78 is 4.90. The molecule has 1 aromatic heterocycles. The van der Waals surface area contributed by atoms with Crippen LogP contribution < -0.4 is 10.6 Å². The van der Waals surface area contributed by atoms with E-state index in [4.69, 9.17) is 27.9 Å². The number of hydrogen-bond acceptors (Lipinski definition) is 5. The molecule has 0 radical (unpaired) electrons. The third-order valence-corrected chi connectivity index (χ3v) is 2.28. The molecule has 7 heteroatoms. The molecule has 0 bridgehead atoms. The van der Waals surface area contributed by atoms with Gasteiger partial charge in [-0.3, -0.25) is 0 Å². The third-order valence-electron chi connectivity index (χ3n) is 1.82. The molecule has 0 aromatic carbocycles. The number of methoxy groups -OCH3 is 1. The molecule has 16 heavy (non-hydrogen) atoms. The van der Waals surface area contributed by atoms with E-state index < -0.39 is 0 Å². The quantitative estimate of drug-likeness (QED) is 0.730. The molecule has 1 heterocycles. The Bertz CT molecular complexity index is 324. The Hall–Kier alpha value is -0.620. The first kappa shape index (κ1) is 13.4. The lowest BCUT2D eigenvalue weighted by Crippen LogP contribution is -2.25. The van der Waals surface area contributed by atoms with Crippen molar-refractivity contribution in [3.05, 3.63) is 16.4 Å². The molecule has 0 fully saturated rings. The predicted octanol–water partition coefficient (Wildman–Crippen LogP) is 1.43. The standard InChI is InChI=1S/C9H14Cl2N4O/c1-16-5-4-12-2-3-13-7-6-8(10)14-15-9(7)11/h6,12H,2-5H2,1H3,(H,13,14). The second-order valence-corrected chi connectivity index (χ2v) is 3.79. The van der Waals surface area contributed by atoms with E-state index in [0.29, 0.717) is 22.6 Å². The van der Waals surface area contributed by atoms with Crippen molar-refractivity contribution in [2.24, 2.45) is 0 Å². The third kappa shape index (κ3) is 4.94. The highest BCUT2D eigenvalue weighted by Gasteiger charge is 2.02. The highest BCUT2D eigenvalue weighted by Crippen LogP contribution is 2.20. The summed E-state index contributed by atoms with van der Waals surface area (Å²) in [6, 6.07) is 1.64. The molecule has 1 rings (SSSR count). The van der Waals surface area contributed by atoms with Gasteiger partial charge < -0.3 is 15.4 Å². The van der Waals surface area contributed by atoms with Gasteiger partial charge in [-0.05, 0) is 0 Å². The van der Waals surface area contributed by atoms with Crippen LogP contribution in [0.4, 0.5) is 5.69 Å². The van der Waals surface area contributed by atoms with Crippen molar-refractivity contribution in [2.45, 2.75) is 0 Å². The van der Waals surface area contributed by atoms with Crippen LogP contribution in [0, 0.1) is 0 Å². The van der Waals surface area contributed by atoms with Crippen molar-refractivity contribution < 1.29 is 4.74 Å². The fourth-order valence-electron chi connectivity index (χ4n) is 1.06. The van der Waals surface area contributed by atoms with Crippen molar-refractivity contribution in [1.82, 2.24) is 15.5 Å². The smallest absolute Gasteiger partial charge is 0.174 e.